The van der Waals surface area contributed by atoms with Crippen molar-refractivity contribution in [3.8, 4) is 0 Å². The summed E-state index contributed by atoms with van der Waals surface area (Å²) in [5.74, 6) is 6.80. The van der Waals surface area contributed by atoms with E-state index in [2.05, 4.69) is 48.5 Å². The molecule has 0 aromatic heterocycles. The van der Waals surface area contributed by atoms with E-state index < -0.39 is 0 Å². The van der Waals surface area contributed by atoms with Gasteiger partial charge in [-0.15, -0.1) is 0 Å². The molecule has 0 bridgehead atoms. The van der Waals surface area contributed by atoms with Gasteiger partial charge in [0.25, 0.3) is 0 Å². The molecule has 5 atom stereocenters. The SMILES string of the molecule is CC.CC(C)C.CC(CCCCC1CCCCC1C)CCC(C)CC(C)CC1CCCCC1. The summed E-state index contributed by atoms with van der Waals surface area (Å²) >= 11 is 0. The molecule has 33 heavy (non-hydrogen) atoms. The summed E-state index contributed by atoms with van der Waals surface area (Å²) in [5, 5.41) is 0. The quantitative estimate of drug-likeness (QED) is 0.252. The van der Waals surface area contributed by atoms with Crippen LogP contribution in [0.1, 0.15) is 171 Å². The Labute approximate surface area is 212 Å². The first-order chi connectivity index (χ1) is 15.8. The van der Waals surface area contributed by atoms with Gasteiger partial charge in [-0.2, -0.15) is 0 Å². The third-order valence-corrected chi connectivity index (χ3v) is 8.23. The Morgan fingerprint density at radius 3 is 1.76 bits per heavy atom. The van der Waals surface area contributed by atoms with Crippen LogP contribution in [0.4, 0.5) is 0 Å². The van der Waals surface area contributed by atoms with Crippen LogP contribution in [0.15, 0.2) is 0 Å². The maximum Gasteiger partial charge on any atom is -0.0388 e. The third kappa shape index (κ3) is 18.9. The van der Waals surface area contributed by atoms with E-state index in [1.165, 1.54) is 109 Å². The smallest absolute Gasteiger partial charge is 0.0388 e. The van der Waals surface area contributed by atoms with E-state index in [1.807, 2.05) is 13.8 Å². The molecule has 2 fully saturated rings. The van der Waals surface area contributed by atoms with Crippen LogP contribution in [-0.4, -0.2) is 0 Å². The van der Waals surface area contributed by atoms with E-state index in [0.717, 1.165) is 41.4 Å². The molecule has 0 spiro atoms. The first kappa shape index (κ1) is 33.0. The van der Waals surface area contributed by atoms with Crippen LogP contribution < -0.4 is 0 Å². The zero-order valence-electron chi connectivity index (χ0n) is 25.1. The molecule has 0 aliphatic heterocycles. The lowest BCUT2D eigenvalue weighted by Crippen LogP contribution is -2.16. The lowest BCUT2D eigenvalue weighted by atomic mass is 9.77. The molecule has 2 rings (SSSR count). The zero-order valence-corrected chi connectivity index (χ0v) is 25.1. The van der Waals surface area contributed by atoms with Gasteiger partial charge in [-0.05, 0) is 54.3 Å². The van der Waals surface area contributed by atoms with Crippen molar-refractivity contribution in [2.75, 3.05) is 0 Å². The van der Waals surface area contributed by atoms with Crippen molar-refractivity contribution in [2.24, 2.45) is 41.4 Å². The van der Waals surface area contributed by atoms with Crippen molar-refractivity contribution >= 4 is 0 Å². The summed E-state index contributed by atoms with van der Waals surface area (Å²) in [7, 11) is 0. The van der Waals surface area contributed by atoms with Crippen molar-refractivity contribution in [3.05, 3.63) is 0 Å². The first-order valence-electron chi connectivity index (χ1n) is 15.8. The predicted molar refractivity (Wildman–Crippen MR) is 154 cm³/mol. The zero-order chi connectivity index (χ0) is 25.1. The molecule has 0 heteroatoms. The Morgan fingerprint density at radius 2 is 1.15 bits per heavy atom. The third-order valence-electron chi connectivity index (χ3n) is 8.23. The largest absolute Gasteiger partial charge is 0.0683 e. The van der Waals surface area contributed by atoms with Gasteiger partial charge in [-0.3, -0.25) is 0 Å². The van der Waals surface area contributed by atoms with Crippen molar-refractivity contribution in [2.45, 2.75) is 171 Å². The maximum absolute atomic E-state index is 2.53. The standard InChI is InChI=1S/C27H52.C4H10.C2H6/c1-22(12-8-10-16-27-17-11-9-13-25(27)4)18-19-23(2)20-24(3)21-26-14-6-5-7-15-26;1-4(2)3;1-2/h22-27H,5-21H2,1-4H3;4H,1-3H3;1-2H3. The Bertz CT molecular complexity index is 388. The molecule has 0 nitrogen and oxygen atoms in total. The summed E-state index contributed by atoms with van der Waals surface area (Å²) in [6.45, 7) is 20.6. The summed E-state index contributed by atoms with van der Waals surface area (Å²) in [5.41, 5.74) is 0. The van der Waals surface area contributed by atoms with E-state index in [-0.39, 0.29) is 0 Å². The fourth-order valence-corrected chi connectivity index (χ4v) is 6.33. The van der Waals surface area contributed by atoms with Crippen molar-refractivity contribution < 1.29 is 0 Å². The van der Waals surface area contributed by atoms with Gasteiger partial charge in [0.1, 0.15) is 0 Å². The van der Waals surface area contributed by atoms with Gasteiger partial charge in [-0.25, -0.2) is 0 Å². The van der Waals surface area contributed by atoms with E-state index in [0.29, 0.717) is 0 Å². The van der Waals surface area contributed by atoms with Gasteiger partial charge >= 0.3 is 0 Å². The molecule has 2 saturated carbocycles. The minimum Gasteiger partial charge on any atom is -0.0683 e. The molecule has 0 N–H and O–H groups in total. The van der Waals surface area contributed by atoms with E-state index in [9.17, 15) is 0 Å². The Balaban J connectivity index is 0.00000154. The van der Waals surface area contributed by atoms with Crippen LogP contribution in [-0.2, 0) is 0 Å². The predicted octanol–water partition coefficient (Wildman–Crippen LogP) is 12.1. The summed E-state index contributed by atoms with van der Waals surface area (Å²) < 4.78 is 0. The molecule has 0 aromatic rings. The molecule has 200 valence electrons. The van der Waals surface area contributed by atoms with Crippen LogP contribution in [0.25, 0.3) is 0 Å². The van der Waals surface area contributed by atoms with Crippen molar-refractivity contribution in [1.29, 1.82) is 0 Å². The van der Waals surface area contributed by atoms with Crippen LogP contribution in [0, 0.1) is 41.4 Å². The highest BCUT2D eigenvalue weighted by molar-refractivity contribution is 4.73. The minimum atomic E-state index is 0.833. The lowest BCUT2D eigenvalue weighted by Gasteiger charge is -2.28. The van der Waals surface area contributed by atoms with Crippen LogP contribution in [0.5, 0.6) is 0 Å². The molecule has 5 unspecified atom stereocenters. The Hall–Kier alpha value is 0. The molecule has 0 saturated heterocycles. The number of rotatable bonds is 12. The molecular formula is C33H68. The second-order valence-corrected chi connectivity index (χ2v) is 12.9. The van der Waals surface area contributed by atoms with E-state index in [1.54, 1.807) is 0 Å². The fraction of sp³-hybridized carbons (Fsp3) is 1.00. The van der Waals surface area contributed by atoms with Gasteiger partial charge in [0.15, 0.2) is 0 Å². The Morgan fingerprint density at radius 1 is 0.606 bits per heavy atom. The highest BCUT2D eigenvalue weighted by Crippen LogP contribution is 2.34. The van der Waals surface area contributed by atoms with Crippen LogP contribution in [0.3, 0.4) is 0 Å². The monoisotopic (exact) mass is 465 g/mol. The van der Waals surface area contributed by atoms with Gasteiger partial charge in [0, 0.05) is 0 Å². The number of unbranched alkanes of at least 4 members (excludes halogenated alkanes) is 1. The van der Waals surface area contributed by atoms with Crippen molar-refractivity contribution in [1.82, 2.24) is 0 Å². The molecule has 0 radical (unpaired) electrons. The molecule has 0 aromatic carbocycles. The fourth-order valence-electron chi connectivity index (χ4n) is 6.33. The van der Waals surface area contributed by atoms with Gasteiger partial charge in [0.2, 0.25) is 0 Å². The number of hydrogen-bond acceptors (Lipinski definition) is 0. The lowest BCUT2D eigenvalue weighted by molar-refractivity contribution is 0.234. The summed E-state index contributed by atoms with van der Waals surface area (Å²) in [4.78, 5) is 0. The van der Waals surface area contributed by atoms with E-state index >= 15 is 0 Å². The normalized spacial score (nSPS) is 24.2. The van der Waals surface area contributed by atoms with Gasteiger partial charge in [-0.1, -0.05) is 159 Å². The van der Waals surface area contributed by atoms with E-state index in [4.69, 9.17) is 0 Å². The maximum atomic E-state index is 2.53. The summed E-state index contributed by atoms with van der Waals surface area (Å²) in [6, 6.07) is 0. The van der Waals surface area contributed by atoms with Crippen LogP contribution >= 0.6 is 0 Å². The Kier molecular flexibility index (Phi) is 21.3. The van der Waals surface area contributed by atoms with Crippen molar-refractivity contribution in [3.63, 3.8) is 0 Å². The molecule has 0 heterocycles. The minimum absolute atomic E-state index is 0.833. The van der Waals surface area contributed by atoms with Gasteiger partial charge in [0.05, 0.1) is 0 Å². The molecular weight excluding hydrogens is 396 g/mol. The molecule has 2 aliphatic carbocycles. The first-order valence-corrected chi connectivity index (χ1v) is 15.8. The second-order valence-electron chi connectivity index (χ2n) is 12.9. The summed E-state index contributed by atoms with van der Waals surface area (Å²) in [6.07, 6.45) is 25.5. The average molecular weight is 465 g/mol. The van der Waals surface area contributed by atoms with Crippen LogP contribution in [0.2, 0.25) is 0 Å². The average Bonchev–Trinajstić information content (AvgIpc) is 2.78. The molecule has 2 aliphatic rings. The molecule has 0 amide bonds. The number of hydrogen-bond donors (Lipinski definition) is 0. The van der Waals surface area contributed by atoms with Gasteiger partial charge < -0.3 is 0 Å². The highest BCUT2D eigenvalue weighted by atomic mass is 14.3. The topological polar surface area (TPSA) is 0 Å². The highest BCUT2D eigenvalue weighted by Gasteiger charge is 2.21. The second kappa shape index (κ2) is 21.3.